The van der Waals surface area contributed by atoms with E-state index in [0.29, 0.717) is 18.3 Å². The summed E-state index contributed by atoms with van der Waals surface area (Å²) in [5, 5.41) is 8.77. The number of nitrogens with zero attached hydrogens (tertiary/aromatic N) is 2. The van der Waals surface area contributed by atoms with Gasteiger partial charge in [-0.3, -0.25) is 9.69 Å². The zero-order chi connectivity index (χ0) is 15.5. The van der Waals surface area contributed by atoms with E-state index in [4.69, 9.17) is 20.1 Å². The minimum Gasteiger partial charge on any atom is -0.449 e. The van der Waals surface area contributed by atoms with Gasteiger partial charge in [0.15, 0.2) is 0 Å². The maximum Gasteiger partial charge on any atom is 0.223 e. The quantitative estimate of drug-likeness (QED) is 0.903. The van der Waals surface area contributed by atoms with Crippen LogP contribution in [0.25, 0.3) is 0 Å². The molecule has 0 spiro atoms. The van der Waals surface area contributed by atoms with E-state index in [1.165, 1.54) is 0 Å². The number of furan rings is 1. The molecule has 0 unspecified atom stereocenters. The van der Waals surface area contributed by atoms with E-state index < -0.39 is 0 Å². The van der Waals surface area contributed by atoms with Gasteiger partial charge < -0.3 is 14.9 Å². The molecule has 2 aliphatic rings. The van der Waals surface area contributed by atoms with Gasteiger partial charge in [-0.05, 0) is 50.4 Å². The normalized spacial score (nSPS) is 26.9. The number of likely N-dealkylation sites (tertiary alicyclic amines) is 1. The molecule has 6 nitrogen and oxygen atoms in total. The Labute approximate surface area is 129 Å². The molecule has 2 saturated heterocycles. The maximum absolute atomic E-state index is 11.5. The van der Waals surface area contributed by atoms with Crippen LogP contribution in [0.2, 0.25) is 0 Å². The van der Waals surface area contributed by atoms with Gasteiger partial charge in [0.05, 0.1) is 18.6 Å². The van der Waals surface area contributed by atoms with E-state index in [9.17, 15) is 4.79 Å². The van der Waals surface area contributed by atoms with Gasteiger partial charge in [-0.1, -0.05) is 0 Å². The van der Waals surface area contributed by atoms with Crippen LogP contribution >= 0.6 is 0 Å². The molecule has 0 bridgehead atoms. The van der Waals surface area contributed by atoms with Crippen molar-refractivity contribution in [3.8, 4) is 6.07 Å². The number of piperidine rings is 1. The van der Waals surface area contributed by atoms with Gasteiger partial charge in [0, 0.05) is 6.61 Å². The summed E-state index contributed by atoms with van der Waals surface area (Å²) in [6.45, 7) is 3.25. The highest BCUT2D eigenvalue weighted by atomic mass is 16.5. The van der Waals surface area contributed by atoms with E-state index in [-0.39, 0.29) is 17.9 Å². The highest BCUT2D eigenvalue weighted by molar-refractivity contribution is 5.77. The third-order valence-corrected chi connectivity index (χ3v) is 4.75. The Bertz CT molecular complexity index is 569. The average Bonchev–Trinajstić information content (AvgIpc) is 3.16. The molecule has 0 aliphatic carbocycles. The number of carbonyl (C=O) groups excluding carboxylic acids is 1. The molecule has 1 amide bonds. The first kappa shape index (κ1) is 15.1. The first-order valence-corrected chi connectivity index (χ1v) is 7.79. The summed E-state index contributed by atoms with van der Waals surface area (Å²) in [4.78, 5) is 13.8. The summed E-state index contributed by atoms with van der Waals surface area (Å²) in [5.41, 5.74) is 5.47. The average molecular weight is 303 g/mol. The molecule has 118 valence electrons. The van der Waals surface area contributed by atoms with Gasteiger partial charge in [-0.25, -0.2) is 0 Å². The van der Waals surface area contributed by atoms with Crippen molar-refractivity contribution in [3.63, 3.8) is 0 Å². The topological polar surface area (TPSA) is 92.5 Å². The Morgan fingerprint density at radius 2 is 2.14 bits per heavy atom. The summed E-state index contributed by atoms with van der Waals surface area (Å²) in [5.74, 6) is 1.22. The molecule has 0 aromatic carbocycles. The molecular weight excluding hydrogens is 282 g/mol. The summed E-state index contributed by atoms with van der Waals surface area (Å²) in [6, 6.07) is 5.55. The first-order valence-electron chi connectivity index (χ1n) is 7.79. The number of amides is 1. The highest BCUT2D eigenvalue weighted by Crippen LogP contribution is 2.33. The Morgan fingerprint density at radius 1 is 1.36 bits per heavy atom. The fourth-order valence-corrected chi connectivity index (χ4v) is 3.56. The van der Waals surface area contributed by atoms with Gasteiger partial charge in [-0.15, -0.1) is 0 Å². The van der Waals surface area contributed by atoms with Crippen LogP contribution in [0.15, 0.2) is 16.5 Å². The first-order chi connectivity index (χ1) is 10.7. The van der Waals surface area contributed by atoms with Gasteiger partial charge in [0.25, 0.3) is 0 Å². The van der Waals surface area contributed by atoms with Crippen LogP contribution in [0.5, 0.6) is 0 Å². The fourth-order valence-electron chi connectivity index (χ4n) is 3.56. The molecule has 22 heavy (non-hydrogen) atoms. The van der Waals surface area contributed by atoms with Crippen LogP contribution in [0, 0.1) is 23.2 Å². The molecular formula is C16H21N3O3. The summed E-state index contributed by atoms with van der Waals surface area (Å²) in [7, 11) is 0. The van der Waals surface area contributed by atoms with E-state index >= 15 is 0 Å². The number of rotatable bonds is 4. The molecule has 2 fully saturated rings. The molecule has 2 N–H and O–H groups in total. The minimum absolute atomic E-state index is 0.00606. The van der Waals surface area contributed by atoms with Crippen LogP contribution in [0.3, 0.4) is 0 Å². The van der Waals surface area contributed by atoms with Crippen LogP contribution < -0.4 is 5.73 Å². The van der Waals surface area contributed by atoms with Crippen molar-refractivity contribution in [1.29, 1.82) is 5.26 Å². The number of hydrogen-bond acceptors (Lipinski definition) is 5. The molecule has 1 aromatic heterocycles. The van der Waals surface area contributed by atoms with Crippen molar-refractivity contribution < 1.29 is 13.9 Å². The smallest absolute Gasteiger partial charge is 0.223 e. The fraction of sp³-hybridized carbons (Fsp3) is 0.625. The van der Waals surface area contributed by atoms with E-state index in [2.05, 4.69) is 4.90 Å². The third kappa shape index (κ3) is 3.16. The van der Waals surface area contributed by atoms with Gasteiger partial charge in [0.2, 0.25) is 11.7 Å². The van der Waals surface area contributed by atoms with E-state index in [1.807, 2.05) is 12.1 Å². The molecule has 3 heterocycles. The Kier molecular flexibility index (Phi) is 4.46. The number of primary amides is 1. The molecule has 2 atom stereocenters. The van der Waals surface area contributed by atoms with Gasteiger partial charge >= 0.3 is 0 Å². The number of nitrogens with two attached hydrogens (primary N) is 1. The summed E-state index contributed by atoms with van der Waals surface area (Å²) < 4.78 is 11.2. The molecule has 3 rings (SSSR count). The van der Waals surface area contributed by atoms with E-state index in [0.717, 1.165) is 44.7 Å². The number of nitriles is 1. The lowest BCUT2D eigenvalue weighted by Crippen LogP contribution is -2.41. The number of hydrogen-bond donors (Lipinski definition) is 1. The lowest BCUT2D eigenvalue weighted by Gasteiger charge is -2.35. The van der Waals surface area contributed by atoms with Crippen molar-refractivity contribution in [1.82, 2.24) is 4.90 Å². The van der Waals surface area contributed by atoms with Crippen molar-refractivity contribution in [2.24, 2.45) is 17.6 Å². The third-order valence-electron chi connectivity index (χ3n) is 4.75. The van der Waals surface area contributed by atoms with Crippen LogP contribution in [0.1, 0.15) is 30.8 Å². The minimum atomic E-state index is -0.232. The second-order valence-electron chi connectivity index (χ2n) is 6.12. The Hall–Kier alpha value is -1.84. The Balaban J connectivity index is 1.52. The van der Waals surface area contributed by atoms with Crippen molar-refractivity contribution in [2.75, 3.05) is 19.7 Å². The van der Waals surface area contributed by atoms with Crippen molar-refractivity contribution in [3.05, 3.63) is 23.7 Å². The second kappa shape index (κ2) is 6.51. The lowest BCUT2D eigenvalue weighted by atomic mass is 9.84. The van der Waals surface area contributed by atoms with Crippen molar-refractivity contribution in [2.45, 2.75) is 31.9 Å². The maximum atomic E-state index is 11.5. The molecule has 2 aliphatic heterocycles. The predicted molar refractivity (Wildman–Crippen MR) is 78.5 cm³/mol. The van der Waals surface area contributed by atoms with Crippen LogP contribution in [0.4, 0.5) is 0 Å². The zero-order valence-electron chi connectivity index (χ0n) is 12.5. The van der Waals surface area contributed by atoms with Crippen molar-refractivity contribution >= 4 is 5.91 Å². The molecule has 0 radical (unpaired) electrons. The highest BCUT2D eigenvalue weighted by Gasteiger charge is 2.39. The van der Waals surface area contributed by atoms with E-state index in [1.54, 1.807) is 6.07 Å². The molecule has 1 aromatic rings. The predicted octanol–water partition coefficient (Wildman–Crippen LogP) is 1.25. The second-order valence-corrected chi connectivity index (χ2v) is 6.12. The Morgan fingerprint density at radius 3 is 2.77 bits per heavy atom. The molecule has 0 saturated carbocycles. The van der Waals surface area contributed by atoms with Gasteiger partial charge in [-0.2, -0.15) is 5.26 Å². The monoisotopic (exact) mass is 303 g/mol. The largest absolute Gasteiger partial charge is 0.449 e. The van der Waals surface area contributed by atoms with Crippen LogP contribution in [-0.4, -0.2) is 36.6 Å². The molecule has 6 heteroatoms. The SMILES string of the molecule is N#Cc1ccc(CN2CCC([C@H]3OCC[C@@H]3C(N)=O)CC2)o1. The standard InChI is InChI=1S/C16H21N3O3/c17-9-12-1-2-13(22-12)10-19-6-3-11(4-7-19)15-14(16(18)20)5-8-21-15/h1-2,11,14-15H,3-8,10H2,(H2,18,20)/t14-,15+/m0/s1. The summed E-state index contributed by atoms with van der Waals surface area (Å²) >= 11 is 0. The summed E-state index contributed by atoms with van der Waals surface area (Å²) in [6.07, 6.45) is 2.75. The van der Waals surface area contributed by atoms with Crippen LogP contribution in [-0.2, 0) is 16.1 Å². The zero-order valence-corrected chi connectivity index (χ0v) is 12.5. The lowest BCUT2D eigenvalue weighted by molar-refractivity contribution is -0.124. The number of carbonyl (C=O) groups is 1. The number of ether oxygens (including phenoxy) is 1. The van der Waals surface area contributed by atoms with Gasteiger partial charge in [0.1, 0.15) is 11.8 Å².